The molecule has 2 aromatic heterocycles. The van der Waals surface area contributed by atoms with Gasteiger partial charge in [-0.2, -0.15) is 5.10 Å². The summed E-state index contributed by atoms with van der Waals surface area (Å²) >= 11 is 0. The van der Waals surface area contributed by atoms with Gasteiger partial charge >= 0.3 is 0 Å². The minimum absolute atomic E-state index is 0.0639. The van der Waals surface area contributed by atoms with Gasteiger partial charge in [0.1, 0.15) is 0 Å². The lowest BCUT2D eigenvalue weighted by Gasteiger charge is -2.24. The van der Waals surface area contributed by atoms with E-state index in [9.17, 15) is 4.79 Å². The number of benzene rings is 1. The smallest absolute Gasteiger partial charge is 0.227 e. The van der Waals surface area contributed by atoms with E-state index in [0.717, 1.165) is 35.4 Å². The van der Waals surface area contributed by atoms with Gasteiger partial charge in [-0.3, -0.25) is 9.89 Å². The van der Waals surface area contributed by atoms with Crippen molar-refractivity contribution in [2.45, 2.75) is 32.2 Å². The molecule has 1 N–H and O–H groups in total. The highest BCUT2D eigenvalue weighted by Crippen LogP contribution is 2.37. The average Bonchev–Trinajstić information content (AvgIpc) is 3.47. The van der Waals surface area contributed by atoms with Crippen LogP contribution in [0.3, 0.4) is 0 Å². The van der Waals surface area contributed by atoms with Crippen LogP contribution in [0.1, 0.15) is 35.8 Å². The molecule has 1 unspecified atom stereocenters. The van der Waals surface area contributed by atoms with Gasteiger partial charge in [-0.25, -0.2) is 0 Å². The number of aryl methyl sites for hydroxylation is 1. The van der Waals surface area contributed by atoms with E-state index in [1.165, 1.54) is 0 Å². The lowest BCUT2D eigenvalue weighted by Crippen LogP contribution is -2.32. The zero-order valence-corrected chi connectivity index (χ0v) is 16.8. The summed E-state index contributed by atoms with van der Waals surface area (Å²) in [6.07, 6.45) is 3.84. The molecule has 1 fully saturated rings. The number of nitrogens with zero attached hydrogens (tertiary/aromatic N) is 3. The van der Waals surface area contributed by atoms with Crippen LogP contribution in [-0.2, 0) is 11.2 Å². The SMILES string of the molecule is COc1ccc(CC(=O)N2CCCC2c2[nH]ncc2-c2cc(C)no2)cc1OC. The number of aromatic amines is 1. The predicted molar refractivity (Wildman–Crippen MR) is 106 cm³/mol. The Morgan fingerprint density at radius 2 is 2.10 bits per heavy atom. The second-order valence-electron chi connectivity index (χ2n) is 7.14. The molecule has 1 aromatic carbocycles. The molecule has 1 saturated heterocycles. The molecular weight excluding hydrogens is 372 g/mol. The highest BCUT2D eigenvalue weighted by atomic mass is 16.5. The van der Waals surface area contributed by atoms with Crippen LogP contribution >= 0.6 is 0 Å². The number of likely N-dealkylation sites (tertiary alicyclic amines) is 1. The molecule has 1 atom stereocenters. The highest BCUT2D eigenvalue weighted by Gasteiger charge is 2.33. The van der Waals surface area contributed by atoms with Crippen LogP contribution in [0.25, 0.3) is 11.3 Å². The first-order valence-corrected chi connectivity index (χ1v) is 9.58. The fourth-order valence-corrected chi connectivity index (χ4v) is 3.87. The largest absolute Gasteiger partial charge is 0.493 e. The van der Waals surface area contributed by atoms with E-state index in [1.807, 2.05) is 36.1 Å². The van der Waals surface area contributed by atoms with Crippen molar-refractivity contribution >= 4 is 5.91 Å². The third-order valence-corrected chi connectivity index (χ3v) is 5.27. The van der Waals surface area contributed by atoms with Gasteiger partial charge in [0.25, 0.3) is 0 Å². The van der Waals surface area contributed by atoms with E-state index >= 15 is 0 Å². The van der Waals surface area contributed by atoms with Crippen molar-refractivity contribution in [1.29, 1.82) is 0 Å². The summed E-state index contributed by atoms with van der Waals surface area (Å²) in [5.74, 6) is 1.99. The normalized spacial score (nSPS) is 16.2. The number of aromatic nitrogens is 3. The first-order valence-electron chi connectivity index (χ1n) is 9.58. The summed E-state index contributed by atoms with van der Waals surface area (Å²) in [4.78, 5) is 15.0. The number of hydrogen-bond acceptors (Lipinski definition) is 6. The van der Waals surface area contributed by atoms with Crippen LogP contribution in [0.15, 0.2) is 35.0 Å². The molecule has 3 aromatic rings. The summed E-state index contributed by atoms with van der Waals surface area (Å²) in [7, 11) is 3.18. The maximum atomic E-state index is 13.1. The number of methoxy groups -OCH3 is 2. The maximum absolute atomic E-state index is 13.1. The van der Waals surface area contributed by atoms with Crippen LogP contribution in [0.5, 0.6) is 11.5 Å². The second kappa shape index (κ2) is 7.98. The van der Waals surface area contributed by atoms with E-state index in [0.29, 0.717) is 30.2 Å². The molecule has 3 heterocycles. The van der Waals surface area contributed by atoms with E-state index in [1.54, 1.807) is 20.4 Å². The van der Waals surface area contributed by atoms with Gasteiger partial charge in [0, 0.05) is 12.6 Å². The lowest BCUT2D eigenvalue weighted by atomic mass is 10.0. The summed E-state index contributed by atoms with van der Waals surface area (Å²) in [5, 5.41) is 11.2. The van der Waals surface area contributed by atoms with Crippen molar-refractivity contribution in [3.63, 3.8) is 0 Å². The van der Waals surface area contributed by atoms with Gasteiger partial charge < -0.3 is 18.9 Å². The fraction of sp³-hybridized carbons (Fsp3) is 0.381. The summed E-state index contributed by atoms with van der Waals surface area (Å²) in [5.41, 5.74) is 3.43. The molecule has 152 valence electrons. The Labute approximate surface area is 168 Å². The zero-order valence-electron chi connectivity index (χ0n) is 16.8. The zero-order chi connectivity index (χ0) is 20.4. The van der Waals surface area contributed by atoms with E-state index in [4.69, 9.17) is 14.0 Å². The Balaban J connectivity index is 1.55. The van der Waals surface area contributed by atoms with Gasteiger partial charge in [0.05, 0.1) is 49.8 Å². The Morgan fingerprint density at radius 1 is 1.28 bits per heavy atom. The molecule has 8 nitrogen and oxygen atoms in total. The van der Waals surface area contributed by atoms with Crippen molar-refractivity contribution in [2.24, 2.45) is 0 Å². The molecule has 1 aliphatic rings. The van der Waals surface area contributed by atoms with E-state index in [2.05, 4.69) is 15.4 Å². The Morgan fingerprint density at radius 3 is 2.83 bits per heavy atom. The molecule has 1 amide bonds. The average molecular weight is 396 g/mol. The van der Waals surface area contributed by atoms with Gasteiger partial charge in [-0.05, 0) is 37.5 Å². The van der Waals surface area contributed by atoms with Crippen LogP contribution in [0.4, 0.5) is 0 Å². The first-order chi connectivity index (χ1) is 14.1. The van der Waals surface area contributed by atoms with Crippen molar-refractivity contribution in [3.05, 3.63) is 47.4 Å². The Hall–Kier alpha value is -3.29. The number of ether oxygens (including phenoxy) is 2. The summed E-state index contributed by atoms with van der Waals surface area (Å²) < 4.78 is 16.0. The van der Waals surface area contributed by atoms with Crippen LogP contribution in [0.2, 0.25) is 0 Å². The minimum Gasteiger partial charge on any atom is -0.493 e. The van der Waals surface area contributed by atoms with Gasteiger partial charge in [-0.15, -0.1) is 0 Å². The van der Waals surface area contributed by atoms with Crippen molar-refractivity contribution in [1.82, 2.24) is 20.3 Å². The molecule has 0 saturated carbocycles. The minimum atomic E-state index is -0.0643. The van der Waals surface area contributed by atoms with E-state index in [-0.39, 0.29) is 11.9 Å². The molecule has 1 aliphatic heterocycles. The maximum Gasteiger partial charge on any atom is 0.227 e. The highest BCUT2D eigenvalue weighted by molar-refractivity contribution is 5.80. The predicted octanol–water partition coefficient (Wildman–Crippen LogP) is 3.30. The van der Waals surface area contributed by atoms with Crippen molar-refractivity contribution in [3.8, 4) is 22.8 Å². The number of hydrogen-bond donors (Lipinski definition) is 1. The topological polar surface area (TPSA) is 93.5 Å². The van der Waals surface area contributed by atoms with Crippen molar-refractivity contribution < 1.29 is 18.8 Å². The lowest BCUT2D eigenvalue weighted by molar-refractivity contribution is -0.131. The van der Waals surface area contributed by atoms with Crippen molar-refractivity contribution in [2.75, 3.05) is 20.8 Å². The molecule has 0 radical (unpaired) electrons. The number of amides is 1. The second-order valence-corrected chi connectivity index (χ2v) is 7.14. The molecule has 4 rings (SSSR count). The van der Waals surface area contributed by atoms with Crippen LogP contribution in [0, 0.1) is 6.92 Å². The number of rotatable bonds is 6. The van der Waals surface area contributed by atoms with Gasteiger partial charge in [0.2, 0.25) is 5.91 Å². The molecule has 0 spiro atoms. The first kappa shape index (κ1) is 19.0. The molecule has 8 heteroatoms. The number of H-pyrrole nitrogens is 1. The molecule has 29 heavy (non-hydrogen) atoms. The molecular formula is C21H24N4O4. The number of nitrogens with one attached hydrogen (secondary N) is 1. The fourth-order valence-electron chi connectivity index (χ4n) is 3.87. The standard InChI is InChI=1S/C21H24N4O4/c1-13-9-18(29-24-13)15-12-22-23-21(15)16-5-4-8-25(16)20(26)11-14-6-7-17(27-2)19(10-14)28-3/h6-7,9-10,12,16H,4-5,8,11H2,1-3H3,(H,22,23). The number of carbonyl (C=O) groups is 1. The van der Waals surface area contributed by atoms with Crippen LogP contribution < -0.4 is 9.47 Å². The summed E-state index contributed by atoms with van der Waals surface area (Å²) in [6, 6.07) is 7.37. The Bertz CT molecular complexity index is 1010. The third-order valence-electron chi connectivity index (χ3n) is 5.27. The molecule has 0 bridgehead atoms. The Kier molecular flexibility index (Phi) is 5.24. The monoisotopic (exact) mass is 396 g/mol. The van der Waals surface area contributed by atoms with E-state index < -0.39 is 0 Å². The quantitative estimate of drug-likeness (QED) is 0.687. The summed E-state index contributed by atoms with van der Waals surface area (Å²) in [6.45, 7) is 2.59. The van der Waals surface area contributed by atoms with Gasteiger partial charge in [0.15, 0.2) is 17.3 Å². The van der Waals surface area contributed by atoms with Crippen LogP contribution in [-0.4, -0.2) is 46.9 Å². The van der Waals surface area contributed by atoms with Gasteiger partial charge in [-0.1, -0.05) is 11.2 Å². The molecule has 0 aliphatic carbocycles. The third kappa shape index (κ3) is 3.70. The number of carbonyl (C=O) groups excluding carboxylic acids is 1.